The number of nitrogens with one attached hydrogen (secondary N) is 1. The van der Waals surface area contributed by atoms with Crippen LogP contribution in [-0.4, -0.2) is 35.6 Å². The van der Waals surface area contributed by atoms with Crippen molar-refractivity contribution >= 4 is 5.91 Å². The van der Waals surface area contributed by atoms with E-state index in [-0.39, 0.29) is 23.2 Å². The highest BCUT2D eigenvalue weighted by molar-refractivity contribution is 5.92. The zero-order chi connectivity index (χ0) is 14.5. The fraction of sp³-hybridized carbons (Fsp3) is 0.588. The van der Waals surface area contributed by atoms with Gasteiger partial charge >= 0.3 is 0 Å². The van der Waals surface area contributed by atoms with E-state index in [9.17, 15) is 4.79 Å². The van der Waals surface area contributed by atoms with Crippen LogP contribution < -0.4 is 5.32 Å². The van der Waals surface area contributed by atoms with Gasteiger partial charge in [0.05, 0.1) is 12.1 Å². The van der Waals surface area contributed by atoms with Gasteiger partial charge in [0.15, 0.2) is 0 Å². The van der Waals surface area contributed by atoms with Gasteiger partial charge in [-0.15, -0.1) is 0 Å². The van der Waals surface area contributed by atoms with Crippen LogP contribution in [0.15, 0.2) is 30.3 Å². The average Bonchev–Trinajstić information content (AvgIpc) is 3.21. The lowest BCUT2D eigenvalue weighted by Crippen LogP contribution is -2.51. The SMILES string of the molecule is COC1(CN2C(=O)C3(CC3)NC2c2ccccc2)CCC1. The van der Waals surface area contributed by atoms with E-state index in [0.29, 0.717) is 6.54 Å². The molecule has 1 N–H and O–H groups in total. The highest BCUT2D eigenvalue weighted by Gasteiger charge is 2.60. The molecule has 1 amide bonds. The lowest BCUT2D eigenvalue weighted by atomic mass is 9.79. The molecule has 4 heteroatoms. The molecule has 1 aromatic carbocycles. The van der Waals surface area contributed by atoms with Gasteiger partial charge in [0.25, 0.3) is 0 Å². The van der Waals surface area contributed by atoms with Gasteiger partial charge in [0.1, 0.15) is 11.7 Å². The second-order valence-electron chi connectivity index (χ2n) is 6.71. The van der Waals surface area contributed by atoms with Crippen molar-refractivity contribution in [2.45, 2.75) is 49.4 Å². The second-order valence-corrected chi connectivity index (χ2v) is 6.71. The molecule has 2 aliphatic carbocycles. The Kier molecular flexibility index (Phi) is 2.88. The number of carbonyl (C=O) groups excluding carboxylic acids is 1. The van der Waals surface area contributed by atoms with Crippen LogP contribution in [0.4, 0.5) is 0 Å². The second kappa shape index (κ2) is 4.55. The number of ether oxygens (including phenoxy) is 1. The Bertz CT molecular complexity index is 544. The Labute approximate surface area is 125 Å². The quantitative estimate of drug-likeness (QED) is 0.923. The van der Waals surface area contributed by atoms with Crippen molar-refractivity contribution in [1.29, 1.82) is 0 Å². The van der Waals surface area contributed by atoms with E-state index in [1.165, 1.54) is 12.0 Å². The van der Waals surface area contributed by atoms with Gasteiger partial charge in [-0.05, 0) is 37.7 Å². The minimum atomic E-state index is -0.279. The third kappa shape index (κ3) is 2.00. The molecule has 1 aliphatic heterocycles. The summed E-state index contributed by atoms with van der Waals surface area (Å²) in [6, 6.07) is 10.3. The molecule has 1 atom stereocenters. The summed E-state index contributed by atoms with van der Waals surface area (Å²) in [5.41, 5.74) is 0.768. The van der Waals surface area contributed by atoms with Crippen molar-refractivity contribution < 1.29 is 9.53 Å². The van der Waals surface area contributed by atoms with Gasteiger partial charge in [-0.2, -0.15) is 0 Å². The maximum absolute atomic E-state index is 12.8. The number of methoxy groups -OCH3 is 1. The molecule has 0 bridgehead atoms. The van der Waals surface area contributed by atoms with Gasteiger partial charge in [-0.3, -0.25) is 10.1 Å². The molecule has 3 fully saturated rings. The van der Waals surface area contributed by atoms with Crippen molar-refractivity contribution in [3.05, 3.63) is 35.9 Å². The third-order valence-electron chi connectivity index (χ3n) is 5.42. The molecule has 0 radical (unpaired) electrons. The number of hydrogen-bond donors (Lipinski definition) is 1. The van der Waals surface area contributed by atoms with Crippen molar-refractivity contribution in [3.63, 3.8) is 0 Å². The summed E-state index contributed by atoms with van der Waals surface area (Å²) in [6.07, 6.45) is 5.24. The molecular weight excluding hydrogens is 264 g/mol. The number of rotatable bonds is 4. The minimum absolute atomic E-state index is 0.00572. The number of benzene rings is 1. The topological polar surface area (TPSA) is 41.6 Å². The largest absolute Gasteiger partial charge is 0.376 e. The summed E-state index contributed by atoms with van der Waals surface area (Å²) in [5.74, 6) is 0.264. The Balaban J connectivity index is 1.63. The zero-order valence-corrected chi connectivity index (χ0v) is 12.5. The Morgan fingerprint density at radius 3 is 2.48 bits per heavy atom. The van der Waals surface area contributed by atoms with Crippen LogP contribution >= 0.6 is 0 Å². The summed E-state index contributed by atoms with van der Waals surface area (Å²) in [4.78, 5) is 14.8. The molecule has 1 spiro atoms. The normalized spacial score (nSPS) is 28.7. The lowest BCUT2D eigenvalue weighted by Gasteiger charge is -2.44. The van der Waals surface area contributed by atoms with Crippen LogP contribution in [0.1, 0.15) is 43.8 Å². The highest BCUT2D eigenvalue weighted by Crippen LogP contribution is 2.48. The van der Waals surface area contributed by atoms with E-state index in [4.69, 9.17) is 4.74 Å². The average molecular weight is 286 g/mol. The molecule has 1 heterocycles. The minimum Gasteiger partial charge on any atom is -0.376 e. The summed E-state index contributed by atoms with van der Waals surface area (Å²) in [6.45, 7) is 0.705. The molecule has 0 aromatic heterocycles. The van der Waals surface area contributed by atoms with E-state index < -0.39 is 0 Å². The molecule has 1 aromatic rings. The fourth-order valence-corrected chi connectivity index (χ4v) is 3.65. The van der Waals surface area contributed by atoms with Crippen molar-refractivity contribution in [2.24, 2.45) is 0 Å². The zero-order valence-electron chi connectivity index (χ0n) is 12.5. The number of amides is 1. The lowest BCUT2D eigenvalue weighted by molar-refractivity contribution is -0.141. The number of carbonyl (C=O) groups is 1. The van der Waals surface area contributed by atoms with Gasteiger partial charge in [0, 0.05) is 7.11 Å². The Morgan fingerprint density at radius 1 is 1.24 bits per heavy atom. The standard InChI is InChI=1S/C17H22N2O2/c1-21-16(8-5-9-16)12-19-14(13-6-3-2-4-7-13)18-17(10-11-17)15(19)20/h2-4,6-7,14,18H,5,8-12H2,1H3. The molecule has 112 valence electrons. The summed E-state index contributed by atoms with van der Waals surface area (Å²) >= 11 is 0. The van der Waals surface area contributed by atoms with E-state index in [2.05, 4.69) is 17.4 Å². The van der Waals surface area contributed by atoms with Gasteiger partial charge in [-0.1, -0.05) is 30.3 Å². The smallest absolute Gasteiger partial charge is 0.244 e. The van der Waals surface area contributed by atoms with Crippen LogP contribution in [0.2, 0.25) is 0 Å². The predicted octanol–water partition coefficient (Wildman–Crippen LogP) is 2.22. The van der Waals surface area contributed by atoms with E-state index in [1.807, 2.05) is 23.1 Å². The third-order valence-corrected chi connectivity index (χ3v) is 5.42. The maximum atomic E-state index is 12.8. The monoisotopic (exact) mass is 286 g/mol. The Morgan fingerprint density at radius 2 is 1.95 bits per heavy atom. The molecule has 21 heavy (non-hydrogen) atoms. The first-order valence-corrected chi connectivity index (χ1v) is 7.87. The predicted molar refractivity (Wildman–Crippen MR) is 79.6 cm³/mol. The molecular formula is C17H22N2O2. The van der Waals surface area contributed by atoms with Crippen molar-refractivity contribution in [1.82, 2.24) is 10.2 Å². The van der Waals surface area contributed by atoms with Crippen molar-refractivity contribution in [2.75, 3.05) is 13.7 Å². The van der Waals surface area contributed by atoms with Gasteiger partial charge in [0.2, 0.25) is 5.91 Å². The molecule has 4 nitrogen and oxygen atoms in total. The fourth-order valence-electron chi connectivity index (χ4n) is 3.65. The Hall–Kier alpha value is -1.39. The first-order valence-electron chi connectivity index (χ1n) is 7.87. The molecule has 2 saturated carbocycles. The summed E-state index contributed by atoms with van der Waals surface area (Å²) in [7, 11) is 1.78. The number of hydrogen-bond acceptors (Lipinski definition) is 3. The maximum Gasteiger partial charge on any atom is 0.244 e. The highest BCUT2D eigenvalue weighted by atomic mass is 16.5. The molecule has 4 rings (SSSR count). The van der Waals surface area contributed by atoms with Crippen LogP contribution in [0.3, 0.4) is 0 Å². The van der Waals surface area contributed by atoms with E-state index in [0.717, 1.165) is 25.7 Å². The molecule has 3 aliphatic rings. The van der Waals surface area contributed by atoms with E-state index >= 15 is 0 Å². The molecule has 1 unspecified atom stereocenters. The van der Waals surface area contributed by atoms with Crippen LogP contribution in [-0.2, 0) is 9.53 Å². The molecule has 1 saturated heterocycles. The number of nitrogens with zero attached hydrogens (tertiary/aromatic N) is 1. The first-order chi connectivity index (χ1) is 10.2. The van der Waals surface area contributed by atoms with Gasteiger partial charge < -0.3 is 9.64 Å². The van der Waals surface area contributed by atoms with Crippen molar-refractivity contribution in [3.8, 4) is 0 Å². The van der Waals surface area contributed by atoms with Gasteiger partial charge in [-0.25, -0.2) is 0 Å². The van der Waals surface area contributed by atoms with Crippen LogP contribution in [0, 0.1) is 0 Å². The van der Waals surface area contributed by atoms with Crippen LogP contribution in [0.25, 0.3) is 0 Å². The summed E-state index contributed by atoms with van der Waals surface area (Å²) < 4.78 is 5.74. The van der Waals surface area contributed by atoms with E-state index in [1.54, 1.807) is 7.11 Å². The first kappa shape index (κ1) is 13.3. The van der Waals surface area contributed by atoms with Crippen LogP contribution in [0.5, 0.6) is 0 Å². The summed E-state index contributed by atoms with van der Waals surface area (Å²) in [5, 5.41) is 3.57.